The summed E-state index contributed by atoms with van der Waals surface area (Å²) in [5.74, 6) is -0.411. The van der Waals surface area contributed by atoms with Gasteiger partial charge >= 0.3 is 12.1 Å². The van der Waals surface area contributed by atoms with Gasteiger partial charge in [0.05, 0.1) is 17.8 Å². The Bertz CT molecular complexity index is 577. The average molecular weight is 337 g/mol. The van der Waals surface area contributed by atoms with Gasteiger partial charge in [0.15, 0.2) is 0 Å². The van der Waals surface area contributed by atoms with Crippen molar-refractivity contribution in [3.8, 4) is 0 Å². The van der Waals surface area contributed by atoms with E-state index in [1.165, 1.54) is 6.20 Å². The quantitative estimate of drug-likeness (QED) is 0.677. The van der Waals surface area contributed by atoms with Crippen molar-refractivity contribution in [2.75, 3.05) is 0 Å². The fourth-order valence-electron chi connectivity index (χ4n) is 2.77. The van der Waals surface area contributed by atoms with Crippen molar-refractivity contribution in [3.05, 3.63) is 18.0 Å². The van der Waals surface area contributed by atoms with E-state index in [2.05, 4.69) is 10.4 Å². The molecule has 1 aliphatic rings. The molecule has 1 N–H and O–H groups in total. The third kappa shape index (κ3) is 5.54. The van der Waals surface area contributed by atoms with Crippen molar-refractivity contribution < 1.29 is 19.1 Å². The first-order valence-corrected chi connectivity index (χ1v) is 8.44. The van der Waals surface area contributed by atoms with Crippen molar-refractivity contribution >= 4 is 12.1 Å². The molecule has 7 heteroatoms. The fraction of sp³-hybridized carbons (Fsp3) is 0.706. The Balaban J connectivity index is 2.00. The molecule has 2 atom stereocenters. The first-order chi connectivity index (χ1) is 11.2. The van der Waals surface area contributed by atoms with Crippen LogP contribution in [0.5, 0.6) is 0 Å². The molecule has 0 spiro atoms. The topological polar surface area (TPSA) is 82.5 Å². The van der Waals surface area contributed by atoms with Crippen molar-refractivity contribution in [2.45, 2.75) is 70.6 Å². The van der Waals surface area contributed by atoms with Crippen LogP contribution in [0.3, 0.4) is 0 Å². The first kappa shape index (κ1) is 18.3. The molecule has 1 heterocycles. The number of hydrogen-bond acceptors (Lipinski definition) is 5. The molecule has 0 aliphatic heterocycles. The summed E-state index contributed by atoms with van der Waals surface area (Å²) in [4.78, 5) is 24.3. The maximum atomic E-state index is 12.3. The number of carbonyl (C=O) groups is 2. The zero-order valence-electron chi connectivity index (χ0n) is 14.9. The molecule has 1 aliphatic carbocycles. The number of nitrogens with zero attached hydrogens (tertiary/aromatic N) is 2. The predicted octanol–water partition coefficient (Wildman–Crippen LogP) is 2.80. The highest BCUT2D eigenvalue weighted by Crippen LogP contribution is 2.22. The van der Waals surface area contributed by atoms with Gasteiger partial charge in [0.2, 0.25) is 0 Å². The van der Waals surface area contributed by atoms with Crippen molar-refractivity contribution in [1.82, 2.24) is 15.1 Å². The Hall–Kier alpha value is -2.05. The van der Waals surface area contributed by atoms with Gasteiger partial charge < -0.3 is 14.8 Å². The highest BCUT2D eigenvalue weighted by molar-refractivity contribution is 5.88. The van der Waals surface area contributed by atoms with Crippen molar-refractivity contribution in [1.29, 1.82) is 0 Å². The van der Waals surface area contributed by atoms with E-state index in [9.17, 15) is 9.59 Å². The molecule has 24 heavy (non-hydrogen) atoms. The molecule has 1 fully saturated rings. The van der Waals surface area contributed by atoms with E-state index in [1.54, 1.807) is 17.9 Å². The first-order valence-electron chi connectivity index (χ1n) is 8.44. The Morgan fingerprint density at radius 1 is 1.25 bits per heavy atom. The maximum Gasteiger partial charge on any atom is 0.408 e. The summed E-state index contributed by atoms with van der Waals surface area (Å²) >= 11 is 0. The van der Waals surface area contributed by atoms with E-state index in [1.807, 2.05) is 20.8 Å². The minimum atomic E-state index is -0.559. The molecule has 2 rings (SSSR count). The largest absolute Gasteiger partial charge is 0.457 e. The van der Waals surface area contributed by atoms with Gasteiger partial charge in [-0.25, -0.2) is 9.59 Å². The minimum absolute atomic E-state index is 0.233. The molecule has 0 aromatic carbocycles. The van der Waals surface area contributed by atoms with E-state index >= 15 is 0 Å². The predicted molar refractivity (Wildman–Crippen MR) is 88.7 cm³/mol. The van der Waals surface area contributed by atoms with Gasteiger partial charge in [-0.1, -0.05) is 12.8 Å². The molecule has 1 aromatic rings. The highest BCUT2D eigenvalue weighted by atomic mass is 16.6. The lowest BCUT2D eigenvalue weighted by Crippen LogP contribution is -2.46. The molecule has 7 nitrogen and oxygen atoms in total. The molecule has 1 aromatic heterocycles. The molecule has 0 bridgehead atoms. The molecule has 1 amide bonds. The minimum Gasteiger partial charge on any atom is -0.457 e. The lowest BCUT2D eigenvalue weighted by atomic mass is 10.1. The fourth-order valence-corrected chi connectivity index (χ4v) is 2.77. The van der Waals surface area contributed by atoms with Crippen molar-refractivity contribution in [3.63, 3.8) is 0 Å². The Morgan fingerprint density at radius 2 is 1.96 bits per heavy atom. The smallest absolute Gasteiger partial charge is 0.408 e. The number of ether oxygens (including phenoxy) is 2. The number of amides is 1. The molecule has 0 saturated heterocycles. The lowest BCUT2D eigenvalue weighted by molar-refractivity contribution is 0.0122. The zero-order valence-corrected chi connectivity index (χ0v) is 14.9. The van der Waals surface area contributed by atoms with Crippen LogP contribution in [0.15, 0.2) is 12.4 Å². The van der Waals surface area contributed by atoms with E-state index in [0.29, 0.717) is 5.56 Å². The molecule has 1 saturated carbocycles. The zero-order chi connectivity index (χ0) is 17.7. The van der Waals surface area contributed by atoms with E-state index < -0.39 is 17.7 Å². The SMILES string of the molecule is Cn1cc(C(=O)OC2CCCCCC2NC(=O)OC(C)(C)C)cn1. The summed E-state index contributed by atoms with van der Waals surface area (Å²) in [6, 6.07) is -0.233. The van der Waals surface area contributed by atoms with Gasteiger partial charge in [-0.2, -0.15) is 5.10 Å². The number of esters is 1. The van der Waals surface area contributed by atoms with E-state index in [4.69, 9.17) is 9.47 Å². The molecule has 2 unspecified atom stereocenters. The number of hydrogen-bond donors (Lipinski definition) is 1. The second-order valence-corrected chi connectivity index (χ2v) is 7.24. The highest BCUT2D eigenvalue weighted by Gasteiger charge is 2.30. The monoisotopic (exact) mass is 337 g/mol. The summed E-state index contributed by atoms with van der Waals surface area (Å²) in [6.45, 7) is 5.46. The standard InChI is InChI=1S/C17H27N3O4/c1-17(2,3)24-16(22)19-13-8-6-5-7-9-14(13)23-15(21)12-10-18-20(4)11-12/h10-11,13-14H,5-9H2,1-4H3,(H,19,22). The van der Waals surface area contributed by atoms with Gasteiger partial charge in [-0.05, 0) is 40.0 Å². The Labute approximate surface area is 142 Å². The number of alkyl carbamates (subject to hydrolysis) is 1. The molecule has 0 radical (unpaired) electrons. The molecular weight excluding hydrogens is 310 g/mol. The van der Waals surface area contributed by atoms with Crippen LogP contribution in [-0.2, 0) is 16.5 Å². The van der Waals surface area contributed by atoms with E-state index in [0.717, 1.165) is 32.1 Å². The van der Waals surface area contributed by atoms with Crippen LogP contribution in [0.1, 0.15) is 63.2 Å². The third-order valence-corrected chi connectivity index (χ3v) is 3.85. The van der Waals surface area contributed by atoms with Crippen LogP contribution in [-0.4, -0.2) is 39.6 Å². The second kappa shape index (κ2) is 7.68. The summed E-state index contributed by atoms with van der Waals surface area (Å²) in [5, 5.41) is 6.85. The number of rotatable bonds is 3. The van der Waals surface area contributed by atoms with Gasteiger partial charge in [-0.15, -0.1) is 0 Å². The van der Waals surface area contributed by atoms with Crippen LogP contribution in [0.25, 0.3) is 0 Å². The maximum absolute atomic E-state index is 12.3. The van der Waals surface area contributed by atoms with Crippen LogP contribution in [0.2, 0.25) is 0 Å². The van der Waals surface area contributed by atoms with Crippen LogP contribution >= 0.6 is 0 Å². The van der Waals surface area contributed by atoms with Crippen molar-refractivity contribution in [2.24, 2.45) is 7.05 Å². The number of aryl methyl sites for hydroxylation is 1. The number of aromatic nitrogens is 2. The Morgan fingerprint density at radius 3 is 2.58 bits per heavy atom. The Kier molecular flexibility index (Phi) is 5.85. The summed E-state index contributed by atoms with van der Waals surface area (Å²) < 4.78 is 12.5. The molecular formula is C17H27N3O4. The van der Waals surface area contributed by atoms with Gasteiger partial charge in [0.1, 0.15) is 11.7 Å². The summed E-state index contributed by atoms with van der Waals surface area (Å²) in [7, 11) is 1.75. The normalized spacial score (nSPS) is 21.7. The van der Waals surface area contributed by atoms with Crippen LogP contribution in [0.4, 0.5) is 4.79 Å². The lowest BCUT2D eigenvalue weighted by Gasteiger charge is -2.27. The molecule has 134 valence electrons. The number of carbonyl (C=O) groups excluding carboxylic acids is 2. The van der Waals surface area contributed by atoms with Gasteiger partial charge in [0.25, 0.3) is 0 Å². The summed E-state index contributed by atoms with van der Waals surface area (Å²) in [5.41, 5.74) is -0.144. The van der Waals surface area contributed by atoms with Gasteiger partial charge in [0, 0.05) is 13.2 Å². The summed E-state index contributed by atoms with van der Waals surface area (Å²) in [6.07, 6.45) is 6.79. The van der Waals surface area contributed by atoms with E-state index in [-0.39, 0.29) is 12.1 Å². The average Bonchev–Trinajstić information content (AvgIpc) is 2.78. The third-order valence-electron chi connectivity index (χ3n) is 3.85. The number of nitrogens with one attached hydrogen (secondary N) is 1. The van der Waals surface area contributed by atoms with Gasteiger partial charge in [-0.3, -0.25) is 4.68 Å². The second-order valence-electron chi connectivity index (χ2n) is 7.24. The van der Waals surface area contributed by atoms with Crippen LogP contribution < -0.4 is 5.32 Å². The van der Waals surface area contributed by atoms with Crippen LogP contribution in [0, 0.1) is 0 Å².